The van der Waals surface area contributed by atoms with E-state index in [9.17, 15) is 0 Å². The molecule has 0 spiro atoms. The average Bonchev–Trinajstić information content (AvgIpc) is 2.52. The third-order valence-corrected chi connectivity index (χ3v) is 3.27. The van der Waals surface area contributed by atoms with Gasteiger partial charge >= 0.3 is 0 Å². The Kier molecular flexibility index (Phi) is 6.32. The van der Waals surface area contributed by atoms with Gasteiger partial charge in [-0.1, -0.05) is 54.9 Å². The number of ether oxygens (including phenoxy) is 1. The summed E-state index contributed by atoms with van der Waals surface area (Å²) in [4.78, 5) is 0. The summed E-state index contributed by atoms with van der Waals surface area (Å²) in [7, 11) is 0. The summed E-state index contributed by atoms with van der Waals surface area (Å²) in [6.45, 7) is 4.29. The fraction of sp³-hybridized carbons (Fsp3) is 0.222. The van der Waals surface area contributed by atoms with Crippen molar-refractivity contribution in [3.8, 4) is 5.75 Å². The number of hydrogen-bond donors (Lipinski definition) is 1. The number of nitrogens with one attached hydrogen (secondary N) is 1. The van der Waals surface area contributed by atoms with Gasteiger partial charge in [-0.2, -0.15) is 0 Å². The van der Waals surface area contributed by atoms with Crippen LogP contribution in [0.5, 0.6) is 5.75 Å². The minimum Gasteiger partial charge on any atom is -0.489 e. The normalized spacial score (nSPS) is 11.0. The van der Waals surface area contributed by atoms with E-state index in [0.29, 0.717) is 6.61 Å². The lowest BCUT2D eigenvalue weighted by atomic mass is 10.2. The predicted molar refractivity (Wildman–Crippen MR) is 89.8 cm³/mol. The lowest BCUT2D eigenvalue weighted by Gasteiger charge is -2.11. The van der Waals surface area contributed by atoms with E-state index in [1.165, 1.54) is 5.56 Å². The molecule has 0 aliphatic rings. The zero-order valence-corrected chi connectivity index (χ0v) is 12.9. The fourth-order valence-electron chi connectivity index (χ4n) is 1.97. The molecule has 0 bridgehead atoms. The van der Waals surface area contributed by atoms with E-state index >= 15 is 0 Å². The van der Waals surface area contributed by atoms with Crippen LogP contribution in [0.3, 0.4) is 0 Å². The smallest absolute Gasteiger partial charge is 0.124 e. The van der Waals surface area contributed by atoms with E-state index in [4.69, 9.17) is 16.3 Å². The Morgan fingerprint density at radius 1 is 1.14 bits per heavy atom. The molecule has 0 heterocycles. The molecule has 0 saturated heterocycles. The Labute approximate surface area is 131 Å². The monoisotopic (exact) mass is 301 g/mol. The summed E-state index contributed by atoms with van der Waals surface area (Å²) < 4.78 is 5.83. The number of benzene rings is 2. The van der Waals surface area contributed by atoms with Gasteiger partial charge in [0.25, 0.3) is 0 Å². The highest BCUT2D eigenvalue weighted by atomic mass is 35.5. The van der Waals surface area contributed by atoms with Crippen molar-refractivity contribution < 1.29 is 4.74 Å². The van der Waals surface area contributed by atoms with Gasteiger partial charge in [0.05, 0.1) is 0 Å². The second-order valence-electron chi connectivity index (χ2n) is 4.66. The maximum absolute atomic E-state index is 6.04. The molecule has 2 rings (SSSR count). The van der Waals surface area contributed by atoms with Crippen LogP contribution in [0.15, 0.2) is 54.6 Å². The lowest BCUT2D eigenvalue weighted by molar-refractivity contribution is 0.358. The molecule has 2 nitrogen and oxygen atoms in total. The van der Waals surface area contributed by atoms with Crippen LogP contribution in [0.1, 0.15) is 18.1 Å². The van der Waals surface area contributed by atoms with Crippen molar-refractivity contribution in [3.63, 3.8) is 0 Å². The molecule has 0 radical (unpaired) electrons. The first-order valence-corrected chi connectivity index (χ1v) is 7.51. The van der Waals surface area contributed by atoms with Crippen molar-refractivity contribution in [3.05, 3.63) is 70.8 Å². The van der Waals surface area contributed by atoms with Gasteiger partial charge < -0.3 is 10.1 Å². The first kappa shape index (κ1) is 15.6. The highest BCUT2D eigenvalue weighted by Crippen LogP contribution is 2.23. The summed E-state index contributed by atoms with van der Waals surface area (Å²) in [5.74, 6) is 0.873. The molecule has 1 N–H and O–H groups in total. The van der Waals surface area contributed by atoms with Crippen LogP contribution < -0.4 is 10.1 Å². The number of hydrogen-bond acceptors (Lipinski definition) is 2. The molecule has 0 aliphatic heterocycles. The highest BCUT2D eigenvalue weighted by Gasteiger charge is 2.03. The van der Waals surface area contributed by atoms with Crippen LogP contribution in [0.2, 0.25) is 5.02 Å². The molecule has 110 valence electrons. The van der Waals surface area contributed by atoms with Gasteiger partial charge in [-0.15, -0.1) is 0 Å². The van der Waals surface area contributed by atoms with Crippen LogP contribution in [0.25, 0.3) is 6.08 Å². The summed E-state index contributed by atoms with van der Waals surface area (Å²) >= 11 is 6.04. The van der Waals surface area contributed by atoms with Crippen molar-refractivity contribution in [2.75, 3.05) is 13.2 Å². The maximum atomic E-state index is 6.04. The molecule has 0 amide bonds. The van der Waals surface area contributed by atoms with E-state index in [1.54, 1.807) is 0 Å². The van der Waals surface area contributed by atoms with E-state index in [0.717, 1.165) is 29.4 Å². The Balaban J connectivity index is 1.94. The largest absolute Gasteiger partial charge is 0.489 e. The molecule has 0 atom stereocenters. The molecule has 0 unspecified atom stereocenters. The summed E-state index contributed by atoms with van der Waals surface area (Å²) in [5, 5.41) is 4.02. The van der Waals surface area contributed by atoms with Gasteiger partial charge in [-0.05, 0) is 36.4 Å². The summed E-state index contributed by atoms with van der Waals surface area (Å²) in [5.41, 5.74) is 2.25. The minimum atomic E-state index is 0.537. The SMILES string of the molecule is CCNCc1cc(Cl)ccc1OCC=Cc1ccccc1. The third-order valence-electron chi connectivity index (χ3n) is 3.03. The van der Waals surface area contributed by atoms with Gasteiger partial charge in [0.2, 0.25) is 0 Å². The Hall–Kier alpha value is -1.77. The van der Waals surface area contributed by atoms with Crippen molar-refractivity contribution in [2.45, 2.75) is 13.5 Å². The van der Waals surface area contributed by atoms with Crippen LogP contribution in [0.4, 0.5) is 0 Å². The topological polar surface area (TPSA) is 21.3 Å². The van der Waals surface area contributed by atoms with Crippen molar-refractivity contribution >= 4 is 17.7 Å². The van der Waals surface area contributed by atoms with Crippen molar-refractivity contribution in [1.82, 2.24) is 5.32 Å². The molecule has 0 saturated carbocycles. The molecule has 0 aliphatic carbocycles. The predicted octanol–water partition coefficient (Wildman–Crippen LogP) is 4.54. The van der Waals surface area contributed by atoms with E-state index in [1.807, 2.05) is 42.5 Å². The molecular formula is C18H20ClNO. The summed E-state index contributed by atoms with van der Waals surface area (Å²) in [6.07, 6.45) is 4.07. The molecular weight excluding hydrogens is 282 g/mol. The van der Waals surface area contributed by atoms with Gasteiger partial charge in [0.15, 0.2) is 0 Å². The molecule has 21 heavy (non-hydrogen) atoms. The van der Waals surface area contributed by atoms with Gasteiger partial charge in [-0.3, -0.25) is 0 Å². The third kappa shape index (κ3) is 5.25. The summed E-state index contributed by atoms with van der Waals surface area (Å²) in [6, 6.07) is 15.9. The minimum absolute atomic E-state index is 0.537. The van der Waals surface area contributed by atoms with E-state index in [2.05, 4.69) is 30.4 Å². The zero-order chi connectivity index (χ0) is 14.9. The van der Waals surface area contributed by atoms with Crippen molar-refractivity contribution in [1.29, 1.82) is 0 Å². The molecule has 2 aromatic carbocycles. The zero-order valence-electron chi connectivity index (χ0n) is 12.2. The molecule has 3 heteroatoms. The Morgan fingerprint density at radius 3 is 2.71 bits per heavy atom. The number of halogens is 1. The highest BCUT2D eigenvalue weighted by molar-refractivity contribution is 6.30. The van der Waals surface area contributed by atoms with Crippen LogP contribution in [-0.4, -0.2) is 13.2 Å². The Bertz CT molecular complexity index is 581. The maximum Gasteiger partial charge on any atom is 0.124 e. The van der Waals surface area contributed by atoms with Crippen LogP contribution in [-0.2, 0) is 6.54 Å². The fourth-order valence-corrected chi connectivity index (χ4v) is 2.17. The van der Waals surface area contributed by atoms with Crippen LogP contribution in [0, 0.1) is 0 Å². The quantitative estimate of drug-likeness (QED) is 0.810. The second kappa shape index (κ2) is 8.50. The Morgan fingerprint density at radius 2 is 1.95 bits per heavy atom. The van der Waals surface area contributed by atoms with Crippen LogP contribution >= 0.6 is 11.6 Å². The van der Waals surface area contributed by atoms with Gasteiger partial charge in [0.1, 0.15) is 12.4 Å². The molecule has 0 aromatic heterocycles. The van der Waals surface area contributed by atoms with E-state index < -0.39 is 0 Å². The van der Waals surface area contributed by atoms with Crippen molar-refractivity contribution in [2.24, 2.45) is 0 Å². The lowest BCUT2D eigenvalue weighted by Crippen LogP contribution is -2.13. The van der Waals surface area contributed by atoms with Gasteiger partial charge in [0, 0.05) is 17.1 Å². The first-order valence-electron chi connectivity index (χ1n) is 7.13. The first-order chi connectivity index (χ1) is 10.3. The average molecular weight is 302 g/mol. The standard InChI is InChI=1S/C18H20ClNO/c1-2-20-14-16-13-17(19)10-11-18(16)21-12-6-9-15-7-4-3-5-8-15/h3-11,13,20H,2,12,14H2,1H3. The number of rotatable bonds is 7. The van der Waals surface area contributed by atoms with E-state index in [-0.39, 0.29) is 0 Å². The molecule has 0 fully saturated rings. The molecule has 2 aromatic rings. The second-order valence-corrected chi connectivity index (χ2v) is 5.09. The van der Waals surface area contributed by atoms with Gasteiger partial charge in [-0.25, -0.2) is 0 Å².